The van der Waals surface area contributed by atoms with Gasteiger partial charge in [-0.3, -0.25) is 14.4 Å². The minimum atomic E-state index is -1.68. The van der Waals surface area contributed by atoms with Gasteiger partial charge in [0.05, 0.1) is 11.6 Å². The molecule has 7 N–H and O–H groups in total. The van der Waals surface area contributed by atoms with E-state index in [0.29, 0.717) is 6.42 Å². The first-order valence-corrected chi connectivity index (χ1v) is 15.6. The lowest BCUT2D eigenvalue weighted by atomic mass is 9.84. The number of hydrogen-bond donors (Lipinski definition) is 6. The van der Waals surface area contributed by atoms with Gasteiger partial charge in [0.2, 0.25) is 11.8 Å². The quantitative estimate of drug-likeness (QED) is 0.129. The van der Waals surface area contributed by atoms with Gasteiger partial charge in [-0.15, -0.1) is 0 Å². The Kier molecular flexibility index (Phi) is 15.7. The molecule has 2 rings (SSSR count). The van der Waals surface area contributed by atoms with Crippen molar-refractivity contribution in [1.82, 2.24) is 16.0 Å². The molecule has 3 amide bonds. The first-order chi connectivity index (χ1) is 21.4. The van der Waals surface area contributed by atoms with Crippen LogP contribution in [0.3, 0.4) is 0 Å². The third-order valence-corrected chi connectivity index (χ3v) is 7.89. The van der Waals surface area contributed by atoms with E-state index in [1.807, 2.05) is 36.4 Å². The van der Waals surface area contributed by atoms with E-state index in [9.17, 15) is 29.4 Å². The fourth-order valence-corrected chi connectivity index (χ4v) is 4.74. The lowest BCUT2D eigenvalue weighted by Crippen LogP contribution is -2.63. The minimum Gasteiger partial charge on any atom is -0.445 e. The Bertz CT molecular complexity index is 1210. The zero-order valence-corrected chi connectivity index (χ0v) is 26.8. The van der Waals surface area contributed by atoms with Crippen LogP contribution in [0.15, 0.2) is 60.7 Å². The Labute approximate surface area is 266 Å². The topological polar surface area (TPSA) is 180 Å². The number of nitrogens with two attached hydrogens (primary N) is 1. The van der Waals surface area contributed by atoms with Crippen LogP contribution in [0.5, 0.6) is 0 Å². The zero-order valence-electron chi connectivity index (χ0n) is 26.8. The van der Waals surface area contributed by atoms with E-state index in [4.69, 9.17) is 10.5 Å². The standard InChI is InChI=1S/C34H50N4O7/c1-23(2)29(30(41)28(40)19-13-7-10-16-25-14-8-5-9-15-25)38-32(43)34(4,35)27(21-39)20-36-31(42)24(3)37-33(44)45-22-26-17-11-6-12-18-26/h5-6,8-9,11-12,14-15,17-18,23-24,27-29,39-40H,7,10,13,16,19-22,35H2,1-4H3,(H,36,42)(H,37,44)(H,38,43)/t24-,27?,28?,29?,34+/m0/s1. The molecule has 0 fully saturated rings. The Balaban J connectivity index is 1.84. The Morgan fingerprint density at radius 3 is 2.07 bits per heavy atom. The van der Waals surface area contributed by atoms with Crippen LogP contribution < -0.4 is 21.7 Å². The molecular weight excluding hydrogens is 576 g/mol. The molecule has 5 atom stereocenters. The number of ketones is 1. The summed E-state index contributed by atoms with van der Waals surface area (Å²) >= 11 is 0. The maximum Gasteiger partial charge on any atom is 0.408 e. The van der Waals surface area contributed by atoms with Gasteiger partial charge in [-0.05, 0) is 50.2 Å². The lowest BCUT2D eigenvalue weighted by Gasteiger charge is -2.34. The zero-order chi connectivity index (χ0) is 33.4. The lowest BCUT2D eigenvalue weighted by molar-refractivity contribution is -0.137. The molecule has 248 valence electrons. The van der Waals surface area contributed by atoms with E-state index in [1.54, 1.807) is 26.0 Å². The number of hydrogen-bond acceptors (Lipinski definition) is 8. The Hall–Kier alpha value is -3.80. The van der Waals surface area contributed by atoms with Gasteiger partial charge in [0.15, 0.2) is 5.78 Å². The van der Waals surface area contributed by atoms with Crippen molar-refractivity contribution in [3.8, 4) is 0 Å². The van der Waals surface area contributed by atoms with Gasteiger partial charge in [0.1, 0.15) is 18.8 Å². The highest BCUT2D eigenvalue weighted by atomic mass is 16.5. The molecule has 11 heteroatoms. The third kappa shape index (κ3) is 12.6. The Morgan fingerprint density at radius 2 is 1.49 bits per heavy atom. The number of aliphatic hydroxyl groups is 2. The SMILES string of the molecule is CC(C)C(NC(=O)[C@](C)(N)C(CO)CNC(=O)[C@H](C)NC(=O)OCc1ccccc1)C(=O)C(O)CCCCCc1ccccc1. The average molecular weight is 627 g/mol. The van der Waals surface area contributed by atoms with Crippen LogP contribution in [-0.4, -0.2) is 70.8 Å². The molecule has 0 heterocycles. The maximum atomic E-state index is 13.3. The van der Waals surface area contributed by atoms with Crippen LogP contribution >= 0.6 is 0 Å². The highest BCUT2D eigenvalue weighted by molar-refractivity contribution is 5.95. The summed E-state index contributed by atoms with van der Waals surface area (Å²) < 4.78 is 5.13. The fraction of sp³-hybridized carbons (Fsp3) is 0.529. The van der Waals surface area contributed by atoms with Crippen LogP contribution in [0.1, 0.15) is 64.5 Å². The number of Topliss-reactive ketones (excluding diaryl/α,β-unsaturated/α-hetero) is 1. The van der Waals surface area contributed by atoms with Crippen molar-refractivity contribution < 1.29 is 34.1 Å². The number of carbonyl (C=O) groups excluding carboxylic acids is 4. The normalized spacial score (nSPS) is 15.2. The number of alkyl carbamates (subject to hydrolysis) is 1. The molecule has 0 spiro atoms. The summed E-state index contributed by atoms with van der Waals surface area (Å²) in [5.74, 6) is -3.01. The molecule has 11 nitrogen and oxygen atoms in total. The van der Waals surface area contributed by atoms with E-state index in [-0.39, 0.29) is 25.5 Å². The van der Waals surface area contributed by atoms with Gasteiger partial charge < -0.3 is 36.6 Å². The summed E-state index contributed by atoms with van der Waals surface area (Å²) in [5, 5.41) is 28.4. The summed E-state index contributed by atoms with van der Waals surface area (Å²) in [6, 6.07) is 17.2. The number of aryl methyl sites for hydroxylation is 1. The second-order valence-electron chi connectivity index (χ2n) is 12.0. The smallest absolute Gasteiger partial charge is 0.408 e. The summed E-state index contributed by atoms with van der Waals surface area (Å²) in [6.45, 7) is 5.72. The fourth-order valence-electron chi connectivity index (χ4n) is 4.74. The monoisotopic (exact) mass is 626 g/mol. The summed E-state index contributed by atoms with van der Waals surface area (Å²) in [6.07, 6.45) is 1.65. The molecule has 45 heavy (non-hydrogen) atoms. The van der Waals surface area contributed by atoms with Crippen molar-refractivity contribution in [2.24, 2.45) is 17.6 Å². The second-order valence-corrected chi connectivity index (χ2v) is 12.0. The van der Waals surface area contributed by atoms with Crippen molar-refractivity contribution in [2.45, 2.75) is 90.1 Å². The molecule has 0 saturated carbocycles. The number of ether oxygens (including phenoxy) is 1. The molecule has 0 radical (unpaired) electrons. The molecule has 3 unspecified atom stereocenters. The molecule has 0 bridgehead atoms. The largest absolute Gasteiger partial charge is 0.445 e. The van der Waals surface area contributed by atoms with E-state index >= 15 is 0 Å². The second kappa shape index (κ2) is 18.9. The third-order valence-electron chi connectivity index (χ3n) is 7.89. The number of rotatable bonds is 19. The molecule has 0 aliphatic heterocycles. The van der Waals surface area contributed by atoms with Crippen LogP contribution in [0.25, 0.3) is 0 Å². The van der Waals surface area contributed by atoms with Crippen LogP contribution in [0, 0.1) is 11.8 Å². The van der Waals surface area contributed by atoms with Crippen LogP contribution in [0.4, 0.5) is 4.79 Å². The number of unbranched alkanes of at least 4 members (excludes halogenated alkanes) is 2. The first-order valence-electron chi connectivity index (χ1n) is 15.6. The summed E-state index contributed by atoms with van der Waals surface area (Å²) in [7, 11) is 0. The van der Waals surface area contributed by atoms with Crippen LogP contribution in [0.2, 0.25) is 0 Å². The van der Waals surface area contributed by atoms with Crippen molar-refractivity contribution in [2.75, 3.05) is 13.2 Å². The van der Waals surface area contributed by atoms with Gasteiger partial charge in [0.25, 0.3) is 0 Å². The minimum absolute atomic E-state index is 0.0416. The molecule has 2 aromatic rings. The van der Waals surface area contributed by atoms with Gasteiger partial charge >= 0.3 is 6.09 Å². The predicted molar refractivity (Wildman–Crippen MR) is 172 cm³/mol. The number of nitrogens with one attached hydrogen (secondary N) is 3. The van der Waals surface area contributed by atoms with E-state index in [2.05, 4.69) is 28.1 Å². The molecule has 0 aromatic heterocycles. The van der Waals surface area contributed by atoms with Gasteiger partial charge in [0, 0.05) is 19.1 Å². The molecule has 0 saturated heterocycles. The molecule has 2 aromatic carbocycles. The van der Waals surface area contributed by atoms with E-state index in [0.717, 1.165) is 24.8 Å². The summed E-state index contributed by atoms with van der Waals surface area (Å²) in [5.41, 5.74) is 6.71. The van der Waals surface area contributed by atoms with Gasteiger partial charge in [-0.25, -0.2) is 4.79 Å². The first kappa shape index (κ1) is 37.4. The van der Waals surface area contributed by atoms with E-state index in [1.165, 1.54) is 19.4 Å². The number of benzene rings is 2. The number of carbonyl (C=O) groups is 4. The Morgan fingerprint density at radius 1 is 0.889 bits per heavy atom. The van der Waals surface area contributed by atoms with E-state index < -0.39 is 59.9 Å². The van der Waals surface area contributed by atoms with Crippen molar-refractivity contribution >= 4 is 23.7 Å². The average Bonchev–Trinajstić information content (AvgIpc) is 3.02. The molecular formula is C34H50N4O7. The number of aliphatic hydroxyl groups excluding tert-OH is 2. The molecule has 0 aliphatic carbocycles. The highest BCUT2D eigenvalue weighted by Crippen LogP contribution is 2.17. The van der Waals surface area contributed by atoms with Crippen molar-refractivity contribution in [3.63, 3.8) is 0 Å². The predicted octanol–water partition coefficient (Wildman–Crippen LogP) is 2.62. The van der Waals surface area contributed by atoms with Gasteiger partial charge in [-0.2, -0.15) is 0 Å². The highest BCUT2D eigenvalue weighted by Gasteiger charge is 2.40. The van der Waals surface area contributed by atoms with Crippen molar-refractivity contribution in [3.05, 3.63) is 71.8 Å². The molecule has 0 aliphatic rings. The van der Waals surface area contributed by atoms with Crippen molar-refractivity contribution in [1.29, 1.82) is 0 Å². The summed E-state index contributed by atoms with van der Waals surface area (Å²) in [4.78, 5) is 51.1. The van der Waals surface area contributed by atoms with Gasteiger partial charge in [-0.1, -0.05) is 87.4 Å². The maximum absolute atomic E-state index is 13.3. The van der Waals surface area contributed by atoms with Crippen LogP contribution in [-0.2, 0) is 32.1 Å². The number of amides is 3.